The molecule has 2 aromatic rings. The van der Waals surface area contributed by atoms with E-state index in [4.69, 9.17) is 11.6 Å². The third kappa shape index (κ3) is 2.91. The summed E-state index contributed by atoms with van der Waals surface area (Å²) in [4.78, 5) is 0.374. The van der Waals surface area contributed by atoms with Crippen molar-refractivity contribution in [1.82, 2.24) is 0 Å². The number of sulfone groups is 1. The first-order valence-corrected chi connectivity index (χ1v) is 10.4. The van der Waals surface area contributed by atoms with Gasteiger partial charge in [-0.05, 0) is 77.6 Å². The topological polar surface area (TPSA) is 34.1 Å². The molecule has 1 saturated carbocycles. The van der Waals surface area contributed by atoms with Gasteiger partial charge in [-0.3, -0.25) is 0 Å². The van der Waals surface area contributed by atoms with E-state index < -0.39 is 9.84 Å². The van der Waals surface area contributed by atoms with Crippen LogP contribution < -0.4 is 0 Å². The predicted molar refractivity (Wildman–Crippen MR) is 98.7 cm³/mol. The number of hydrogen-bond acceptors (Lipinski definition) is 2. The fraction of sp³-hybridized carbons (Fsp3) is 0.300. The second-order valence-electron chi connectivity index (χ2n) is 7.11. The van der Waals surface area contributed by atoms with Crippen LogP contribution in [0.4, 0.5) is 0 Å². The average molecular weight is 359 g/mol. The molecule has 0 N–H and O–H groups in total. The highest BCUT2D eigenvalue weighted by Gasteiger charge is 2.48. The van der Waals surface area contributed by atoms with E-state index in [-0.39, 0.29) is 0 Å². The molecule has 2 nitrogen and oxygen atoms in total. The monoisotopic (exact) mass is 358 g/mol. The van der Waals surface area contributed by atoms with Crippen LogP contribution in [0.2, 0.25) is 5.02 Å². The average Bonchev–Trinajstić information content (AvgIpc) is 3.19. The highest BCUT2D eigenvalue weighted by atomic mass is 35.5. The van der Waals surface area contributed by atoms with Gasteiger partial charge in [0.2, 0.25) is 0 Å². The minimum atomic E-state index is -3.15. The van der Waals surface area contributed by atoms with E-state index in [1.54, 1.807) is 12.1 Å². The summed E-state index contributed by atoms with van der Waals surface area (Å²) in [5.74, 6) is 0. The van der Waals surface area contributed by atoms with Crippen LogP contribution in [-0.4, -0.2) is 14.7 Å². The summed E-state index contributed by atoms with van der Waals surface area (Å²) >= 11 is 6.03. The Morgan fingerprint density at radius 2 is 1.29 bits per heavy atom. The van der Waals surface area contributed by atoms with Gasteiger partial charge in [-0.15, -0.1) is 0 Å². The summed E-state index contributed by atoms with van der Waals surface area (Å²) in [6, 6.07) is 15.4. The Kier molecular flexibility index (Phi) is 3.63. The first-order valence-electron chi connectivity index (χ1n) is 8.15. The zero-order valence-electron chi connectivity index (χ0n) is 13.5. The Morgan fingerprint density at radius 1 is 0.833 bits per heavy atom. The zero-order chi connectivity index (χ0) is 16.9. The standard InChI is InChI=1S/C20H19ClO2S/c1-24(22,23)17-8-4-15(5-9-17)19-13-20(10-11-20)12-18(19)14-2-6-16(21)7-3-14/h2-9H,10-13H2,1H3. The van der Waals surface area contributed by atoms with Crippen LogP contribution >= 0.6 is 11.6 Å². The molecule has 0 aliphatic heterocycles. The van der Waals surface area contributed by atoms with Crippen molar-refractivity contribution in [3.05, 3.63) is 64.7 Å². The maximum Gasteiger partial charge on any atom is 0.175 e. The molecule has 0 radical (unpaired) electrons. The summed E-state index contributed by atoms with van der Waals surface area (Å²) in [6.07, 6.45) is 6.01. The molecule has 2 aromatic carbocycles. The van der Waals surface area contributed by atoms with Gasteiger partial charge >= 0.3 is 0 Å². The van der Waals surface area contributed by atoms with Crippen LogP contribution in [0, 0.1) is 5.41 Å². The van der Waals surface area contributed by atoms with Crippen LogP contribution in [0.1, 0.15) is 36.8 Å². The lowest BCUT2D eigenvalue weighted by molar-refractivity contribution is 0.568. The zero-order valence-corrected chi connectivity index (χ0v) is 15.1. The predicted octanol–water partition coefficient (Wildman–Crippen LogP) is 5.23. The summed E-state index contributed by atoms with van der Waals surface area (Å²) in [6.45, 7) is 0. The summed E-state index contributed by atoms with van der Waals surface area (Å²) in [5.41, 5.74) is 5.55. The second-order valence-corrected chi connectivity index (χ2v) is 9.57. The highest BCUT2D eigenvalue weighted by Crippen LogP contribution is 2.63. The number of rotatable bonds is 3. The minimum absolute atomic E-state index is 0.374. The number of allylic oxidation sites excluding steroid dienone is 2. The summed E-state index contributed by atoms with van der Waals surface area (Å²) in [5, 5.41) is 0.748. The van der Waals surface area contributed by atoms with Crippen LogP contribution in [0.25, 0.3) is 11.1 Å². The van der Waals surface area contributed by atoms with E-state index in [1.807, 2.05) is 24.3 Å². The van der Waals surface area contributed by atoms with E-state index in [9.17, 15) is 8.42 Å². The van der Waals surface area contributed by atoms with Crippen molar-refractivity contribution in [1.29, 1.82) is 0 Å². The lowest BCUT2D eigenvalue weighted by atomic mass is 9.97. The maximum atomic E-state index is 11.7. The molecule has 0 aromatic heterocycles. The molecule has 1 fully saturated rings. The van der Waals surface area contributed by atoms with Crippen molar-refractivity contribution in [2.75, 3.05) is 6.26 Å². The summed E-state index contributed by atoms with van der Waals surface area (Å²) < 4.78 is 23.3. The lowest BCUT2D eigenvalue weighted by Gasteiger charge is -2.09. The second kappa shape index (κ2) is 5.47. The molecular formula is C20H19ClO2S. The van der Waals surface area contributed by atoms with Crippen LogP contribution in [0.3, 0.4) is 0 Å². The third-order valence-electron chi connectivity index (χ3n) is 5.25. The van der Waals surface area contributed by atoms with Crippen molar-refractivity contribution in [3.8, 4) is 0 Å². The molecule has 0 saturated heterocycles. The van der Waals surface area contributed by atoms with Crippen LogP contribution in [-0.2, 0) is 9.84 Å². The minimum Gasteiger partial charge on any atom is -0.224 e. The Hall–Kier alpha value is -1.58. The summed E-state index contributed by atoms with van der Waals surface area (Å²) in [7, 11) is -3.15. The molecule has 124 valence electrons. The van der Waals surface area contributed by atoms with Crippen LogP contribution in [0.5, 0.6) is 0 Å². The van der Waals surface area contributed by atoms with E-state index >= 15 is 0 Å². The van der Waals surface area contributed by atoms with E-state index in [1.165, 1.54) is 35.8 Å². The van der Waals surface area contributed by atoms with Crippen molar-refractivity contribution in [2.45, 2.75) is 30.6 Å². The van der Waals surface area contributed by atoms with E-state index in [2.05, 4.69) is 12.1 Å². The lowest BCUT2D eigenvalue weighted by Crippen LogP contribution is -1.97. The molecule has 0 bridgehead atoms. The highest BCUT2D eigenvalue weighted by molar-refractivity contribution is 7.90. The molecule has 2 aliphatic rings. The smallest absolute Gasteiger partial charge is 0.175 e. The van der Waals surface area contributed by atoms with Crippen molar-refractivity contribution < 1.29 is 8.42 Å². The molecule has 0 unspecified atom stereocenters. The first-order chi connectivity index (χ1) is 11.4. The van der Waals surface area contributed by atoms with Gasteiger partial charge in [-0.25, -0.2) is 8.42 Å². The molecule has 0 heterocycles. The van der Waals surface area contributed by atoms with Crippen molar-refractivity contribution in [3.63, 3.8) is 0 Å². The van der Waals surface area contributed by atoms with Gasteiger partial charge in [-0.1, -0.05) is 35.9 Å². The molecule has 0 amide bonds. The van der Waals surface area contributed by atoms with Gasteiger partial charge in [0.25, 0.3) is 0 Å². The Bertz CT molecular complexity index is 919. The number of benzene rings is 2. The molecule has 4 rings (SSSR count). The van der Waals surface area contributed by atoms with E-state index in [0.29, 0.717) is 10.3 Å². The normalized spacial score (nSPS) is 19.1. The fourth-order valence-electron chi connectivity index (χ4n) is 3.66. The van der Waals surface area contributed by atoms with Crippen LogP contribution in [0.15, 0.2) is 53.4 Å². The molecule has 0 atom stereocenters. The SMILES string of the molecule is CS(=O)(=O)c1ccc(C2=C(c3ccc(Cl)cc3)CC3(CC3)C2)cc1. The largest absolute Gasteiger partial charge is 0.224 e. The Balaban J connectivity index is 1.77. The molecule has 1 spiro atoms. The van der Waals surface area contributed by atoms with Gasteiger partial charge in [0.05, 0.1) is 4.90 Å². The fourth-order valence-corrected chi connectivity index (χ4v) is 4.42. The molecule has 4 heteroatoms. The molecular weight excluding hydrogens is 340 g/mol. The Labute approximate surface area is 148 Å². The van der Waals surface area contributed by atoms with Gasteiger partial charge in [-0.2, -0.15) is 0 Å². The molecule has 2 aliphatic carbocycles. The van der Waals surface area contributed by atoms with Gasteiger partial charge < -0.3 is 0 Å². The Morgan fingerprint density at radius 3 is 1.71 bits per heavy atom. The molecule has 24 heavy (non-hydrogen) atoms. The van der Waals surface area contributed by atoms with Crippen molar-refractivity contribution >= 4 is 32.6 Å². The third-order valence-corrected chi connectivity index (χ3v) is 6.63. The van der Waals surface area contributed by atoms with E-state index in [0.717, 1.165) is 23.4 Å². The van der Waals surface area contributed by atoms with Gasteiger partial charge in [0.15, 0.2) is 9.84 Å². The maximum absolute atomic E-state index is 11.7. The van der Waals surface area contributed by atoms with Crippen molar-refractivity contribution in [2.24, 2.45) is 5.41 Å². The van der Waals surface area contributed by atoms with Gasteiger partial charge in [0.1, 0.15) is 0 Å². The number of hydrogen-bond donors (Lipinski definition) is 0. The van der Waals surface area contributed by atoms with Gasteiger partial charge in [0, 0.05) is 11.3 Å². The first kappa shape index (κ1) is 15.9. The number of halogens is 1. The quantitative estimate of drug-likeness (QED) is 0.753.